The minimum Gasteiger partial charge on any atom is -0.0616 e. The first-order valence-electron chi connectivity index (χ1n) is 10.3. The maximum atomic E-state index is 3.89. The second-order valence-electron chi connectivity index (χ2n) is 7.68. The lowest BCUT2D eigenvalue weighted by atomic mass is 9.92. The van der Waals surface area contributed by atoms with Gasteiger partial charge < -0.3 is 0 Å². The van der Waals surface area contributed by atoms with Gasteiger partial charge in [0.15, 0.2) is 0 Å². The van der Waals surface area contributed by atoms with Crippen LogP contribution in [0.1, 0.15) is 11.1 Å². The van der Waals surface area contributed by atoms with Gasteiger partial charge in [-0.1, -0.05) is 68.3 Å². The summed E-state index contributed by atoms with van der Waals surface area (Å²) in [5, 5.41) is 0. The van der Waals surface area contributed by atoms with Gasteiger partial charge in [0.2, 0.25) is 0 Å². The second-order valence-corrected chi connectivity index (χ2v) is 15.7. The van der Waals surface area contributed by atoms with Crippen molar-refractivity contribution in [1.82, 2.24) is 0 Å². The van der Waals surface area contributed by atoms with E-state index in [0.29, 0.717) is 0 Å². The summed E-state index contributed by atoms with van der Waals surface area (Å²) in [6.07, 6.45) is 1.58. The van der Waals surface area contributed by atoms with E-state index < -0.39 is 0 Å². The van der Waals surface area contributed by atoms with E-state index in [1.807, 2.05) is 12.1 Å². The van der Waals surface area contributed by atoms with E-state index >= 15 is 0 Å². The zero-order chi connectivity index (χ0) is 26.3. The van der Waals surface area contributed by atoms with Crippen LogP contribution in [0.25, 0.3) is 22.3 Å². The molecule has 0 aliphatic carbocycles. The van der Waals surface area contributed by atoms with Crippen LogP contribution in [0.4, 0.5) is 0 Å². The highest BCUT2D eigenvalue weighted by Crippen LogP contribution is 2.50. The number of halogens is 10. The van der Waals surface area contributed by atoms with Gasteiger partial charge in [0.05, 0.1) is 0 Å². The molecule has 186 valence electrons. The van der Waals surface area contributed by atoms with E-state index in [4.69, 9.17) is 0 Å². The molecule has 4 aromatic carbocycles. The Morgan fingerprint density at radius 1 is 0.361 bits per heavy atom. The number of benzene rings is 4. The summed E-state index contributed by atoms with van der Waals surface area (Å²) in [5.41, 5.74) is 6.91. The number of hydrogen-bond donors (Lipinski definition) is 0. The summed E-state index contributed by atoms with van der Waals surface area (Å²) in [4.78, 5) is 0. The van der Waals surface area contributed by atoms with Crippen molar-refractivity contribution in [2.45, 2.75) is 12.8 Å². The van der Waals surface area contributed by atoms with E-state index in [-0.39, 0.29) is 0 Å². The highest BCUT2D eigenvalue weighted by Gasteiger charge is 2.25. The van der Waals surface area contributed by atoms with Crippen molar-refractivity contribution >= 4 is 159 Å². The molecule has 0 fully saturated rings. The summed E-state index contributed by atoms with van der Waals surface area (Å²) < 4.78 is 10.0. The maximum absolute atomic E-state index is 3.89. The van der Waals surface area contributed by atoms with Crippen LogP contribution in [0.5, 0.6) is 0 Å². The Labute approximate surface area is 294 Å². The molecule has 0 unspecified atom stereocenters. The summed E-state index contributed by atoms with van der Waals surface area (Å²) >= 11 is 38.1. The van der Waals surface area contributed by atoms with E-state index in [9.17, 15) is 0 Å². The summed E-state index contributed by atoms with van der Waals surface area (Å²) in [6.45, 7) is 0. The normalized spacial score (nSPS) is 11.3. The molecule has 36 heavy (non-hydrogen) atoms. The number of rotatable bonds is 5. The zero-order valence-corrected chi connectivity index (χ0v) is 33.7. The van der Waals surface area contributed by atoms with E-state index in [2.05, 4.69) is 196 Å². The minimum absolute atomic E-state index is 0.790. The Bertz CT molecular complexity index is 1380. The third kappa shape index (κ3) is 5.98. The third-order valence-corrected chi connectivity index (χ3v) is 16.7. The first-order valence-corrected chi connectivity index (χ1v) is 18.2. The molecule has 0 N–H and O–H groups in total. The van der Waals surface area contributed by atoms with Crippen LogP contribution in [0.15, 0.2) is 93.3 Å². The van der Waals surface area contributed by atoms with Crippen molar-refractivity contribution < 1.29 is 0 Å². The molecule has 0 amide bonds. The fourth-order valence-corrected chi connectivity index (χ4v) is 10.2. The Hall–Kier alpha value is 1.68. The van der Waals surface area contributed by atoms with Crippen LogP contribution in [-0.4, -0.2) is 0 Å². The van der Waals surface area contributed by atoms with Gasteiger partial charge in [0.25, 0.3) is 0 Å². The lowest BCUT2D eigenvalue weighted by Crippen LogP contribution is -2.03. The molecule has 0 heterocycles. The largest absolute Gasteiger partial charge is 0.0616 e. The average molecular weight is 1120 g/mol. The van der Waals surface area contributed by atoms with Crippen molar-refractivity contribution in [3.8, 4) is 22.3 Å². The standard InChI is InChI=1S/C26H12Br10/c27-15-7-3-1-5-11(15)17-13(19(29)23(33)25(35)21(17)31)9-10-14-18(12-6-2-4-8-16(12)28)22(32)26(36)24(34)20(14)30/h1-8H,9-10H2. The molecule has 0 atom stereocenters. The summed E-state index contributed by atoms with van der Waals surface area (Å²) in [6, 6.07) is 16.6. The van der Waals surface area contributed by atoms with Gasteiger partial charge >= 0.3 is 0 Å². The molecule has 0 aromatic heterocycles. The molecule has 0 saturated carbocycles. The Morgan fingerprint density at radius 2 is 0.667 bits per heavy atom. The highest BCUT2D eigenvalue weighted by molar-refractivity contribution is 9.16. The molecule has 0 aliphatic rings. The molecule has 0 radical (unpaired) electrons. The molecule has 0 nitrogen and oxygen atoms in total. The van der Waals surface area contributed by atoms with Crippen molar-refractivity contribution in [1.29, 1.82) is 0 Å². The van der Waals surface area contributed by atoms with E-state index in [1.165, 1.54) is 11.1 Å². The molecule has 10 heteroatoms. The van der Waals surface area contributed by atoms with Crippen LogP contribution in [0, 0.1) is 0 Å². The van der Waals surface area contributed by atoms with Crippen molar-refractivity contribution in [3.63, 3.8) is 0 Å². The SMILES string of the molecule is Brc1ccccc1-c1c(Br)c(Br)c(Br)c(Br)c1CCc1c(Br)c(Br)c(Br)c(Br)c1-c1ccccc1Br. The Balaban J connectivity index is 1.93. The molecule has 4 rings (SSSR count). The zero-order valence-electron chi connectivity index (χ0n) is 17.8. The molecule has 0 saturated heterocycles. The molecule has 0 bridgehead atoms. The van der Waals surface area contributed by atoms with E-state index in [0.717, 1.165) is 79.8 Å². The molecule has 4 aromatic rings. The smallest absolute Gasteiger partial charge is 0.0477 e. The topological polar surface area (TPSA) is 0 Å². The van der Waals surface area contributed by atoms with Crippen LogP contribution in [0.2, 0.25) is 0 Å². The lowest BCUT2D eigenvalue weighted by Gasteiger charge is -2.22. The fraction of sp³-hybridized carbons (Fsp3) is 0.0769. The van der Waals surface area contributed by atoms with Gasteiger partial charge in [-0.25, -0.2) is 0 Å². The first kappa shape index (κ1) is 30.6. The van der Waals surface area contributed by atoms with E-state index in [1.54, 1.807) is 0 Å². The van der Waals surface area contributed by atoms with Gasteiger partial charge in [0.1, 0.15) is 0 Å². The van der Waals surface area contributed by atoms with Gasteiger partial charge in [-0.2, -0.15) is 0 Å². The molecule has 0 aliphatic heterocycles. The predicted molar refractivity (Wildman–Crippen MR) is 188 cm³/mol. The second kappa shape index (κ2) is 13.1. The van der Waals surface area contributed by atoms with Gasteiger partial charge in [-0.05, 0) is 175 Å². The maximum Gasteiger partial charge on any atom is 0.0477 e. The van der Waals surface area contributed by atoms with Crippen LogP contribution in [0.3, 0.4) is 0 Å². The van der Waals surface area contributed by atoms with Gasteiger partial charge in [0, 0.05) is 55.9 Å². The highest BCUT2D eigenvalue weighted by atomic mass is 79.9. The molecular formula is C26H12Br10. The quantitative estimate of drug-likeness (QED) is 0.138. The van der Waals surface area contributed by atoms with Gasteiger partial charge in [-0.3, -0.25) is 0 Å². The fourth-order valence-electron chi connectivity index (χ4n) is 3.96. The predicted octanol–water partition coefficient (Wildman–Crippen LogP) is 14.4. The average Bonchev–Trinajstić information content (AvgIpc) is 2.87. The van der Waals surface area contributed by atoms with Crippen LogP contribution < -0.4 is 0 Å². The monoisotopic (exact) mass is 1110 g/mol. The summed E-state index contributed by atoms with van der Waals surface area (Å²) in [5.74, 6) is 0. The van der Waals surface area contributed by atoms with Crippen LogP contribution in [-0.2, 0) is 12.8 Å². The summed E-state index contributed by atoms with van der Waals surface area (Å²) in [7, 11) is 0. The molecule has 0 spiro atoms. The van der Waals surface area contributed by atoms with Crippen molar-refractivity contribution in [3.05, 3.63) is 104 Å². The number of hydrogen-bond acceptors (Lipinski definition) is 0. The van der Waals surface area contributed by atoms with Gasteiger partial charge in [-0.15, -0.1) is 0 Å². The van der Waals surface area contributed by atoms with Crippen molar-refractivity contribution in [2.75, 3.05) is 0 Å². The minimum atomic E-state index is 0.790. The Morgan fingerprint density at radius 3 is 1.00 bits per heavy atom. The Kier molecular flexibility index (Phi) is 11.2. The first-order chi connectivity index (χ1) is 17.1. The molecular weight excluding hydrogens is 1110 g/mol. The van der Waals surface area contributed by atoms with Crippen molar-refractivity contribution in [2.24, 2.45) is 0 Å². The third-order valence-electron chi connectivity index (χ3n) is 5.64. The lowest BCUT2D eigenvalue weighted by molar-refractivity contribution is 0.946. The van der Waals surface area contributed by atoms with Crippen LogP contribution >= 0.6 is 159 Å².